The number of carbonyl (C=O) groups excluding carboxylic acids is 2. The summed E-state index contributed by atoms with van der Waals surface area (Å²) >= 11 is 0. The first kappa shape index (κ1) is 17.2. The Hall–Kier alpha value is -2.14. The smallest absolute Gasteiger partial charge is 0.247 e. The first-order valence-corrected chi connectivity index (χ1v) is 7.96. The number of hydrogen-bond donors (Lipinski definition) is 1. The molecule has 0 bridgehead atoms. The van der Waals surface area contributed by atoms with E-state index in [2.05, 4.69) is 18.8 Å². The highest BCUT2D eigenvalue weighted by molar-refractivity contribution is 5.98. The number of nitrogens with zero attached hydrogens (tertiary/aromatic N) is 1. The fourth-order valence-electron chi connectivity index (χ4n) is 2.56. The summed E-state index contributed by atoms with van der Waals surface area (Å²) in [5.41, 5.74) is 1.80. The Morgan fingerprint density at radius 2 is 2.13 bits per heavy atom. The van der Waals surface area contributed by atoms with Gasteiger partial charge in [-0.2, -0.15) is 0 Å². The Bertz CT molecular complexity index is 554. The van der Waals surface area contributed by atoms with E-state index in [9.17, 15) is 9.59 Å². The van der Waals surface area contributed by atoms with E-state index in [1.54, 1.807) is 0 Å². The predicted octanol–water partition coefficient (Wildman–Crippen LogP) is 2.24. The van der Waals surface area contributed by atoms with E-state index in [1.165, 1.54) is 6.08 Å². The lowest BCUT2D eigenvalue weighted by molar-refractivity contribution is -0.131. The van der Waals surface area contributed by atoms with Crippen LogP contribution in [0.15, 0.2) is 36.9 Å². The molecule has 1 N–H and O–H groups in total. The molecule has 2 rings (SSSR count). The van der Waals surface area contributed by atoms with Gasteiger partial charge in [0, 0.05) is 25.2 Å². The second-order valence-electron chi connectivity index (χ2n) is 5.91. The molecule has 0 aromatic heterocycles. The monoisotopic (exact) mass is 316 g/mol. The van der Waals surface area contributed by atoms with E-state index in [-0.39, 0.29) is 11.8 Å². The topological polar surface area (TPSA) is 58.6 Å². The lowest BCUT2D eigenvalue weighted by atomic mass is 10.1. The van der Waals surface area contributed by atoms with Crippen molar-refractivity contribution in [2.45, 2.75) is 19.8 Å². The number of aryl methyl sites for hydroxylation is 1. The Morgan fingerprint density at radius 3 is 2.83 bits per heavy atom. The van der Waals surface area contributed by atoms with Crippen molar-refractivity contribution in [1.82, 2.24) is 4.90 Å². The minimum atomic E-state index is -0.231. The summed E-state index contributed by atoms with van der Waals surface area (Å²) in [5.74, 6) is 0.325. The van der Waals surface area contributed by atoms with Gasteiger partial charge in [0.05, 0.1) is 13.2 Å². The summed E-state index contributed by atoms with van der Waals surface area (Å²) in [4.78, 5) is 25.4. The van der Waals surface area contributed by atoms with Crippen LogP contribution in [0.3, 0.4) is 0 Å². The molecule has 1 aromatic rings. The van der Waals surface area contributed by atoms with Crippen LogP contribution in [0, 0.1) is 5.92 Å². The maximum Gasteiger partial charge on any atom is 0.247 e. The molecule has 5 heteroatoms. The Labute approximate surface area is 137 Å². The number of rotatable bonds is 5. The normalized spacial score (nSPS) is 18.1. The number of ether oxygens (including phenoxy) is 1. The molecular weight excluding hydrogens is 292 g/mol. The van der Waals surface area contributed by atoms with Crippen molar-refractivity contribution in [2.75, 3.05) is 31.6 Å². The molecular formula is C18H24N2O3. The molecule has 1 atom stereocenters. The number of amides is 2. The van der Waals surface area contributed by atoms with Crippen molar-refractivity contribution in [2.24, 2.45) is 5.92 Å². The minimum absolute atomic E-state index is 0.173. The van der Waals surface area contributed by atoms with E-state index in [1.807, 2.05) is 29.2 Å². The van der Waals surface area contributed by atoms with E-state index in [0.29, 0.717) is 31.9 Å². The molecule has 2 amide bonds. The molecule has 1 aliphatic heterocycles. The molecule has 1 fully saturated rings. The van der Waals surface area contributed by atoms with Gasteiger partial charge in [0.25, 0.3) is 0 Å². The second kappa shape index (κ2) is 8.48. The van der Waals surface area contributed by atoms with Crippen LogP contribution in [-0.4, -0.2) is 43.0 Å². The number of hydrogen-bond acceptors (Lipinski definition) is 3. The van der Waals surface area contributed by atoms with Gasteiger partial charge in [-0.1, -0.05) is 25.6 Å². The van der Waals surface area contributed by atoms with Crippen molar-refractivity contribution in [1.29, 1.82) is 0 Å². The maximum atomic E-state index is 12.3. The SMILES string of the molecule is C=CC(=O)Nc1ccc(CCC(=O)N2CCOCC(C)C2)cc1. The second-order valence-corrected chi connectivity index (χ2v) is 5.91. The number of benzene rings is 1. The van der Waals surface area contributed by atoms with E-state index in [4.69, 9.17) is 4.74 Å². The maximum absolute atomic E-state index is 12.3. The zero-order valence-corrected chi connectivity index (χ0v) is 13.6. The fourth-order valence-corrected chi connectivity index (χ4v) is 2.56. The number of nitrogens with one attached hydrogen (secondary N) is 1. The Kier molecular flexibility index (Phi) is 6.35. The van der Waals surface area contributed by atoms with Gasteiger partial charge in [-0.25, -0.2) is 0 Å². The Balaban J connectivity index is 1.83. The van der Waals surface area contributed by atoms with E-state index >= 15 is 0 Å². The molecule has 1 saturated heterocycles. The minimum Gasteiger partial charge on any atom is -0.379 e. The third kappa shape index (κ3) is 5.53. The molecule has 1 unspecified atom stereocenters. The Morgan fingerprint density at radius 1 is 1.39 bits per heavy atom. The molecule has 5 nitrogen and oxygen atoms in total. The van der Waals surface area contributed by atoms with Gasteiger partial charge in [-0.15, -0.1) is 0 Å². The van der Waals surface area contributed by atoms with E-state index < -0.39 is 0 Å². The summed E-state index contributed by atoms with van der Waals surface area (Å²) in [7, 11) is 0. The zero-order chi connectivity index (χ0) is 16.7. The molecule has 23 heavy (non-hydrogen) atoms. The lowest BCUT2D eigenvalue weighted by Gasteiger charge is -2.21. The summed E-state index contributed by atoms with van der Waals surface area (Å²) in [6.07, 6.45) is 2.42. The summed E-state index contributed by atoms with van der Waals surface area (Å²) in [6.45, 7) is 8.30. The average molecular weight is 316 g/mol. The van der Waals surface area contributed by atoms with Gasteiger partial charge >= 0.3 is 0 Å². The quantitative estimate of drug-likeness (QED) is 0.848. The third-order valence-electron chi connectivity index (χ3n) is 3.83. The molecule has 0 aliphatic carbocycles. The highest BCUT2D eigenvalue weighted by atomic mass is 16.5. The highest BCUT2D eigenvalue weighted by Gasteiger charge is 2.19. The van der Waals surface area contributed by atoms with Crippen LogP contribution in [0.4, 0.5) is 5.69 Å². The fraction of sp³-hybridized carbons (Fsp3) is 0.444. The van der Waals surface area contributed by atoms with Crippen molar-refractivity contribution < 1.29 is 14.3 Å². The lowest BCUT2D eigenvalue weighted by Crippen LogP contribution is -2.35. The molecule has 1 aliphatic rings. The van der Waals surface area contributed by atoms with Gasteiger partial charge < -0.3 is 15.0 Å². The third-order valence-corrected chi connectivity index (χ3v) is 3.83. The standard InChI is InChI=1S/C18H24N2O3/c1-3-17(21)19-16-7-4-15(5-8-16)6-9-18(22)20-10-11-23-13-14(2)12-20/h3-5,7-8,14H,1,6,9-13H2,2H3,(H,19,21). The molecule has 1 aromatic carbocycles. The van der Waals surface area contributed by atoms with Gasteiger partial charge in [0.2, 0.25) is 11.8 Å². The first-order valence-electron chi connectivity index (χ1n) is 7.96. The average Bonchev–Trinajstić information content (AvgIpc) is 2.78. The molecule has 0 radical (unpaired) electrons. The number of anilines is 1. The van der Waals surface area contributed by atoms with E-state index in [0.717, 1.165) is 24.4 Å². The van der Waals surface area contributed by atoms with Gasteiger partial charge in [-0.3, -0.25) is 9.59 Å². The van der Waals surface area contributed by atoms with Gasteiger partial charge in [0.1, 0.15) is 0 Å². The van der Waals surface area contributed by atoms with Crippen LogP contribution in [0.25, 0.3) is 0 Å². The zero-order valence-electron chi connectivity index (χ0n) is 13.6. The summed E-state index contributed by atoms with van der Waals surface area (Å²) < 4.78 is 5.47. The van der Waals surface area contributed by atoms with Gasteiger partial charge in [-0.05, 0) is 36.1 Å². The molecule has 124 valence electrons. The first-order chi connectivity index (χ1) is 11.1. The highest BCUT2D eigenvalue weighted by Crippen LogP contribution is 2.13. The summed E-state index contributed by atoms with van der Waals surface area (Å²) in [5, 5.41) is 2.70. The van der Waals surface area contributed by atoms with Crippen LogP contribution in [-0.2, 0) is 20.7 Å². The van der Waals surface area contributed by atoms with Crippen molar-refractivity contribution in [3.05, 3.63) is 42.5 Å². The van der Waals surface area contributed by atoms with Gasteiger partial charge in [0.15, 0.2) is 0 Å². The number of carbonyl (C=O) groups is 2. The predicted molar refractivity (Wildman–Crippen MR) is 90.2 cm³/mol. The van der Waals surface area contributed by atoms with Crippen LogP contribution in [0.2, 0.25) is 0 Å². The van der Waals surface area contributed by atoms with Crippen LogP contribution < -0.4 is 5.32 Å². The molecule has 1 heterocycles. The van der Waals surface area contributed by atoms with Crippen LogP contribution in [0.1, 0.15) is 18.9 Å². The van der Waals surface area contributed by atoms with Crippen molar-refractivity contribution in [3.63, 3.8) is 0 Å². The van der Waals surface area contributed by atoms with Crippen molar-refractivity contribution >= 4 is 17.5 Å². The van der Waals surface area contributed by atoms with Crippen LogP contribution in [0.5, 0.6) is 0 Å². The van der Waals surface area contributed by atoms with Crippen LogP contribution >= 0.6 is 0 Å². The largest absolute Gasteiger partial charge is 0.379 e. The molecule has 0 saturated carbocycles. The summed E-state index contributed by atoms with van der Waals surface area (Å²) in [6, 6.07) is 7.53. The molecule has 0 spiro atoms. The van der Waals surface area contributed by atoms with Crippen molar-refractivity contribution in [3.8, 4) is 0 Å².